The van der Waals surface area contributed by atoms with E-state index >= 15 is 0 Å². The summed E-state index contributed by atoms with van der Waals surface area (Å²) >= 11 is 1.09. The number of aromatic nitrogens is 2. The number of aromatic amines is 1. The van der Waals surface area contributed by atoms with E-state index in [4.69, 9.17) is 5.26 Å². The van der Waals surface area contributed by atoms with Crippen LogP contribution in [0.5, 0.6) is 0 Å². The Balaban J connectivity index is 1.42. The molecule has 0 radical (unpaired) electrons. The summed E-state index contributed by atoms with van der Waals surface area (Å²) in [6.07, 6.45) is 2.76. The van der Waals surface area contributed by atoms with Crippen molar-refractivity contribution in [3.63, 3.8) is 0 Å². The molecule has 27 heavy (non-hydrogen) atoms. The Morgan fingerprint density at radius 3 is 2.74 bits per heavy atom. The number of rotatable bonds is 5. The van der Waals surface area contributed by atoms with Gasteiger partial charge in [-0.25, -0.2) is 0 Å². The lowest BCUT2D eigenvalue weighted by atomic mass is 10.1. The fraction of sp³-hybridized carbons (Fsp3) is 0.0952. The first-order valence-electron chi connectivity index (χ1n) is 8.54. The van der Waals surface area contributed by atoms with Gasteiger partial charge in [-0.15, -0.1) is 0 Å². The summed E-state index contributed by atoms with van der Waals surface area (Å²) in [6, 6.07) is 17.4. The highest BCUT2D eigenvalue weighted by Crippen LogP contribution is 2.25. The van der Waals surface area contributed by atoms with E-state index in [9.17, 15) is 4.79 Å². The highest BCUT2D eigenvalue weighted by Gasteiger charge is 2.08. The van der Waals surface area contributed by atoms with Gasteiger partial charge in [-0.3, -0.25) is 9.78 Å². The number of para-hydroxylation sites is 1. The predicted molar refractivity (Wildman–Crippen MR) is 108 cm³/mol. The SMILES string of the molecule is N#CSc1ccc(NC(=O)CCc2cc3c(cn2)[nH]c2ccccc23)cc1. The van der Waals surface area contributed by atoms with Crippen LogP contribution < -0.4 is 5.32 Å². The average molecular weight is 372 g/mol. The first-order valence-corrected chi connectivity index (χ1v) is 9.36. The molecule has 5 nitrogen and oxygen atoms in total. The molecule has 0 saturated heterocycles. The van der Waals surface area contributed by atoms with Crippen molar-refractivity contribution in [1.29, 1.82) is 5.26 Å². The maximum atomic E-state index is 12.2. The zero-order valence-corrected chi connectivity index (χ0v) is 15.2. The number of fused-ring (bicyclic) bond motifs is 3. The van der Waals surface area contributed by atoms with Gasteiger partial charge in [0.05, 0.1) is 11.7 Å². The summed E-state index contributed by atoms with van der Waals surface area (Å²) < 4.78 is 0. The van der Waals surface area contributed by atoms with Crippen LogP contribution >= 0.6 is 11.8 Å². The Kier molecular flexibility index (Phi) is 4.77. The minimum atomic E-state index is -0.0588. The molecule has 4 rings (SSSR count). The molecule has 6 heteroatoms. The third-order valence-electron chi connectivity index (χ3n) is 4.36. The highest BCUT2D eigenvalue weighted by atomic mass is 32.2. The van der Waals surface area contributed by atoms with Crippen molar-refractivity contribution in [1.82, 2.24) is 9.97 Å². The number of benzene rings is 2. The summed E-state index contributed by atoms with van der Waals surface area (Å²) in [5.74, 6) is -0.0588. The van der Waals surface area contributed by atoms with Gasteiger partial charge in [0.25, 0.3) is 0 Å². The Hall–Kier alpha value is -3.30. The number of anilines is 1. The van der Waals surface area contributed by atoms with Gasteiger partial charge in [0.1, 0.15) is 5.40 Å². The molecule has 0 aliphatic rings. The second-order valence-corrected chi connectivity index (χ2v) is 7.02. The number of nitrogens with zero attached hydrogens (tertiary/aromatic N) is 2. The number of nitrogens with one attached hydrogen (secondary N) is 2. The van der Waals surface area contributed by atoms with E-state index in [0.717, 1.165) is 49.8 Å². The molecule has 0 atom stereocenters. The van der Waals surface area contributed by atoms with Crippen molar-refractivity contribution in [3.8, 4) is 5.40 Å². The number of hydrogen-bond acceptors (Lipinski definition) is 4. The minimum Gasteiger partial charge on any atom is -0.353 e. The molecule has 2 heterocycles. The van der Waals surface area contributed by atoms with Crippen molar-refractivity contribution < 1.29 is 4.79 Å². The topological polar surface area (TPSA) is 81.6 Å². The molecule has 2 N–H and O–H groups in total. The first kappa shape index (κ1) is 17.1. The second-order valence-electron chi connectivity index (χ2n) is 6.16. The number of nitriles is 1. The van der Waals surface area contributed by atoms with E-state index in [1.807, 2.05) is 41.9 Å². The molecule has 1 amide bonds. The van der Waals surface area contributed by atoms with E-state index in [0.29, 0.717) is 12.8 Å². The average Bonchev–Trinajstić information content (AvgIpc) is 3.06. The molecular weight excluding hydrogens is 356 g/mol. The summed E-state index contributed by atoms with van der Waals surface area (Å²) in [5, 5.41) is 15.9. The van der Waals surface area contributed by atoms with Crippen molar-refractivity contribution in [2.24, 2.45) is 0 Å². The highest BCUT2D eigenvalue weighted by molar-refractivity contribution is 8.03. The number of aryl methyl sites for hydroxylation is 1. The minimum absolute atomic E-state index is 0.0588. The lowest BCUT2D eigenvalue weighted by Gasteiger charge is -2.06. The van der Waals surface area contributed by atoms with Gasteiger partial charge in [-0.05, 0) is 54.6 Å². The van der Waals surface area contributed by atoms with E-state index in [1.165, 1.54) is 0 Å². The van der Waals surface area contributed by atoms with E-state index in [1.54, 1.807) is 12.1 Å². The molecular formula is C21H16N4OS. The monoisotopic (exact) mass is 372 g/mol. The van der Waals surface area contributed by atoms with Crippen LogP contribution in [-0.2, 0) is 11.2 Å². The van der Waals surface area contributed by atoms with Crippen LogP contribution in [0, 0.1) is 10.7 Å². The van der Waals surface area contributed by atoms with Gasteiger partial charge in [-0.2, -0.15) is 5.26 Å². The summed E-state index contributed by atoms with van der Waals surface area (Å²) in [5.41, 5.74) is 3.70. The fourth-order valence-corrected chi connectivity index (χ4v) is 3.43. The second kappa shape index (κ2) is 7.52. The lowest BCUT2D eigenvalue weighted by Crippen LogP contribution is -2.12. The largest absolute Gasteiger partial charge is 0.353 e. The number of pyridine rings is 1. The van der Waals surface area contributed by atoms with Crippen molar-refractivity contribution in [2.75, 3.05) is 5.32 Å². The van der Waals surface area contributed by atoms with Gasteiger partial charge in [0, 0.05) is 39.0 Å². The molecule has 2 aromatic carbocycles. The van der Waals surface area contributed by atoms with E-state index in [2.05, 4.69) is 27.4 Å². The third-order valence-corrected chi connectivity index (χ3v) is 4.96. The number of H-pyrrole nitrogens is 1. The van der Waals surface area contributed by atoms with Crippen molar-refractivity contribution in [3.05, 3.63) is 66.5 Å². The number of carbonyl (C=O) groups excluding carboxylic acids is 1. The Bertz CT molecular complexity index is 1160. The van der Waals surface area contributed by atoms with Crippen LogP contribution in [0.15, 0.2) is 65.7 Å². The lowest BCUT2D eigenvalue weighted by molar-refractivity contribution is -0.116. The van der Waals surface area contributed by atoms with Gasteiger partial charge in [0.2, 0.25) is 5.91 Å². The molecule has 2 aromatic heterocycles. The number of carbonyl (C=O) groups is 1. The molecule has 0 unspecified atom stereocenters. The number of hydrogen-bond donors (Lipinski definition) is 2. The predicted octanol–water partition coefficient (Wildman–Crippen LogP) is 4.86. The van der Waals surface area contributed by atoms with Crippen LogP contribution in [-0.4, -0.2) is 15.9 Å². The number of thioether (sulfide) groups is 1. The van der Waals surface area contributed by atoms with Gasteiger partial charge < -0.3 is 10.3 Å². The molecule has 132 valence electrons. The van der Waals surface area contributed by atoms with Gasteiger partial charge >= 0.3 is 0 Å². The fourth-order valence-electron chi connectivity index (χ4n) is 3.05. The van der Waals surface area contributed by atoms with Crippen LogP contribution in [0.4, 0.5) is 5.69 Å². The van der Waals surface area contributed by atoms with E-state index < -0.39 is 0 Å². The molecule has 0 spiro atoms. The molecule has 0 bridgehead atoms. The van der Waals surface area contributed by atoms with E-state index in [-0.39, 0.29) is 5.91 Å². The molecule has 4 aromatic rings. The van der Waals surface area contributed by atoms with Crippen LogP contribution in [0.3, 0.4) is 0 Å². The number of thiocyanates is 1. The van der Waals surface area contributed by atoms with Gasteiger partial charge in [-0.1, -0.05) is 18.2 Å². The Morgan fingerprint density at radius 2 is 1.93 bits per heavy atom. The summed E-state index contributed by atoms with van der Waals surface area (Å²) in [6.45, 7) is 0. The third kappa shape index (κ3) is 3.78. The smallest absolute Gasteiger partial charge is 0.224 e. The van der Waals surface area contributed by atoms with Crippen LogP contribution in [0.2, 0.25) is 0 Å². The quantitative estimate of drug-likeness (QED) is 0.387. The standard InChI is InChI=1S/C21H16N4OS/c22-13-27-16-8-5-14(6-9-16)24-21(26)10-7-15-11-18-17-3-1-2-4-19(17)25-20(18)12-23-15/h1-6,8-9,11-12,25H,7,10H2,(H,24,26). The van der Waals surface area contributed by atoms with Crippen LogP contribution in [0.1, 0.15) is 12.1 Å². The first-order chi connectivity index (χ1) is 13.2. The summed E-state index contributed by atoms with van der Waals surface area (Å²) in [4.78, 5) is 20.9. The zero-order valence-electron chi connectivity index (χ0n) is 14.4. The van der Waals surface area contributed by atoms with Crippen molar-refractivity contribution in [2.45, 2.75) is 17.7 Å². The number of amides is 1. The normalized spacial score (nSPS) is 10.8. The molecule has 0 fully saturated rings. The summed E-state index contributed by atoms with van der Waals surface area (Å²) in [7, 11) is 0. The molecule has 0 saturated carbocycles. The molecule has 0 aliphatic carbocycles. The zero-order chi connectivity index (χ0) is 18.6. The van der Waals surface area contributed by atoms with Crippen LogP contribution in [0.25, 0.3) is 21.8 Å². The maximum Gasteiger partial charge on any atom is 0.224 e. The molecule has 0 aliphatic heterocycles. The Morgan fingerprint density at radius 1 is 1.11 bits per heavy atom. The maximum absolute atomic E-state index is 12.2. The Labute approximate surface area is 160 Å². The van der Waals surface area contributed by atoms with Crippen molar-refractivity contribution >= 4 is 45.2 Å². The van der Waals surface area contributed by atoms with Gasteiger partial charge in [0.15, 0.2) is 0 Å².